The van der Waals surface area contributed by atoms with Crippen molar-refractivity contribution in [3.8, 4) is 0 Å². The second kappa shape index (κ2) is 10.3. The third kappa shape index (κ3) is 6.48. The van der Waals surface area contributed by atoms with Crippen molar-refractivity contribution in [1.82, 2.24) is 5.43 Å². The Kier molecular flexibility index (Phi) is 7.50. The van der Waals surface area contributed by atoms with Gasteiger partial charge in [-0.15, -0.1) is 11.8 Å². The Morgan fingerprint density at radius 1 is 1.17 bits per heavy atom. The number of halogens is 1. The Morgan fingerprint density at radius 3 is 2.59 bits per heavy atom. The van der Waals surface area contributed by atoms with Gasteiger partial charge in [-0.1, -0.05) is 30.0 Å². The molecule has 1 heterocycles. The van der Waals surface area contributed by atoms with Crippen LogP contribution >= 0.6 is 39.5 Å². The first-order valence-corrected chi connectivity index (χ1v) is 10.8. The van der Waals surface area contributed by atoms with E-state index in [1.807, 2.05) is 30.3 Å². The summed E-state index contributed by atoms with van der Waals surface area (Å²) in [5.41, 5.74) is 2.44. The van der Waals surface area contributed by atoms with Crippen LogP contribution in [0, 0.1) is 10.1 Å². The number of rotatable bonds is 8. The molecule has 0 radical (unpaired) electrons. The van der Waals surface area contributed by atoms with Crippen molar-refractivity contribution in [2.75, 3.05) is 5.75 Å². The maximum Gasteiger partial charge on any atom is 0.269 e. The molecule has 0 aliphatic carbocycles. The van der Waals surface area contributed by atoms with Gasteiger partial charge in [-0.05, 0) is 40.2 Å². The van der Waals surface area contributed by atoms with Crippen molar-refractivity contribution in [3.63, 3.8) is 0 Å². The molecule has 1 N–H and O–H groups in total. The van der Waals surface area contributed by atoms with E-state index in [4.69, 9.17) is 4.42 Å². The number of thioether (sulfide) groups is 1. The molecule has 0 unspecified atom stereocenters. The molecule has 3 aromatic rings. The molecule has 1 amide bonds. The van der Waals surface area contributed by atoms with Gasteiger partial charge in [0.1, 0.15) is 5.76 Å². The topological polar surface area (TPSA) is 97.7 Å². The normalized spacial score (nSPS) is 10.9. The number of furan rings is 1. The first-order valence-electron chi connectivity index (χ1n) is 8.22. The monoisotopic (exact) mass is 491 g/mol. The predicted octanol–water partition coefficient (Wildman–Crippen LogP) is 5.34. The third-order valence-electron chi connectivity index (χ3n) is 3.43. The molecule has 10 heteroatoms. The van der Waals surface area contributed by atoms with Crippen LogP contribution in [0.5, 0.6) is 0 Å². The largest absolute Gasteiger partial charge is 0.447 e. The molecule has 0 aliphatic heterocycles. The van der Waals surface area contributed by atoms with E-state index in [9.17, 15) is 14.9 Å². The summed E-state index contributed by atoms with van der Waals surface area (Å²) < 4.78 is 6.51. The third-order valence-corrected chi connectivity index (χ3v) is 6.29. The predicted molar refractivity (Wildman–Crippen MR) is 117 cm³/mol. The quantitative estimate of drug-likeness (QED) is 0.197. The lowest BCUT2D eigenvalue weighted by Gasteiger charge is -2.00. The summed E-state index contributed by atoms with van der Waals surface area (Å²) in [5, 5.41) is 15.2. The lowest BCUT2D eigenvalue weighted by Crippen LogP contribution is -2.19. The van der Waals surface area contributed by atoms with E-state index in [1.165, 1.54) is 41.9 Å². The molecule has 0 aliphatic rings. The minimum Gasteiger partial charge on any atom is -0.447 e. The summed E-state index contributed by atoms with van der Waals surface area (Å²) in [4.78, 5) is 23.9. The summed E-state index contributed by atoms with van der Waals surface area (Å²) in [6, 6.07) is 17.6. The van der Waals surface area contributed by atoms with E-state index < -0.39 is 4.92 Å². The summed E-state index contributed by atoms with van der Waals surface area (Å²) in [6.45, 7) is 0. The second-order valence-corrected chi connectivity index (χ2v) is 8.48. The van der Waals surface area contributed by atoms with E-state index in [-0.39, 0.29) is 17.3 Å². The number of nitrogens with zero attached hydrogens (tertiary/aromatic N) is 2. The molecule has 148 valence electrons. The highest BCUT2D eigenvalue weighted by Crippen LogP contribution is 2.35. The number of amides is 1. The van der Waals surface area contributed by atoms with Gasteiger partial charge >= 0.3 is 0 Å². The molecular formula is C19H14BrN3O4S2. The number of hydrogen-bond acceptors (Lipinski definition) is 7. The van der Waals surface area contributed by atoms with Crippen molar-refractivity contribution in [2.24, 2.45) is 5.10 Å². The first kappa shape index (κ1) is 21.2. The van der Waals surface area contributed by atoms with Gasteiger partial charge in [-0.25, -0.2) is 5.43 Å². The van der Waals surface area contributed by atoms with Crippen LogP contribution in [0.4, 0.5) is 5.69 Å². The number of nitrogens with one attached hydrogen (secondary N) is 1. The van der Waals surface area contributed by atoms with Crippen LogP contribution in [0.15, 0.2) is 89.5 Å². The molecule has 3 rings (SSSR count). The van der Waals surface area contributed by atoms with Crippen molar-refractivity contribution >= 4 is 57.3 Å². The van der Waals surface area contributed by atoms with Crippen LogP contribution in [0.1, 0.15) is 5.76 Å². The Hall–Kier alpha value is -2.56. The van der Waals surface area contributed by atoms with E-state index in [0.29, 0.717) is 10.9 Å². The van der Waals surface area contributed by atoms with Gasteiger partial charge in [0, 0.05) is 28.0 Å². The van der Waals surface area contributed by atoms with Gasteiger partial charge in [-0.2, -0.15) is 5.10 Å². The number of non-ortho nitro benzene ring substituents is 1. The molecule has 29 heavy (non-hydrogen) atoms. The smallest absolute Gasteiger partial charge is 0.269 e. The van der Waals surface area contributed by atoms with Crippen LogP contribution in [-0.2, 0) is 4.79 Å². The molecule has 2 aromatic carbocycles. The van der Waals surface area contributed by atoms with Crippen LogP contribution in [0.25, 0.3) is 0 Å². The number of hydrogen-bond donors (Lipinski definition) is 1. The summed E-state index contributed by atoms with van der Waals surface area (Å²) >= 11 is 6.19. The molecule has 0 saturated heterocycles. The fourth-order valence-corrected chi connectivity index (χ4v) is 4.15. The highest BCUT2D eigenvalue weighted by molar-refractivity contribution is 9.10. The molecule has 0 saturated carbocycles. The van der Waals surface area contributed by atoms with Crippen LogP contribution in [-0.4, -0.2) is 22.8 Å². The van der Waals surface area contributed by atoms with E-state index in [2.05, 4.69) is 26.5 Å². The minimum absolute atomic E-state index is 0.0119. The van der Waals surface area contributed by atoms with Gasteiger partial charge in [0.15, 0.2) is 5.09 Å². The zero-order valence-corrected chi connectivity index (χ0v) is 18.0. The Morgan fingerprint density at radius 2 is 1.90 bits per heavy atom. The molecule has 1 aromatic heterocycles. The standard InChI is InChI=1S/C19H14BrN3O4S2/c20-17-10-14(27-19(17)29-16-4-2-1-3-5-16)11-21-22-18(24)12-28-15-8-6-13(7-9-15)23(25)26/h1-11H,12H2,(H,22,24)/b21-11-. The van der Waals surface area contributed by atoms with E-state index >= 15 is 0 Å². The zero-order valence-electron chi connectivity index (χ0n) is 14.8. The second-order valence-electron chi connectivity index (χ2n) is 5.53. The summed E-state index contributed by atoms with van der Waals surface area (Å²) in [7, 11) is 0. The lowest BCUT2D eigenvalue weighted by atomic mass is 10.3. The lowest BCUT2D eigenvalue weighted by molar-refractivity contribution is -0.384. The number of hydrazone groups is 1. The Labute approximate surface area is 183 Å². The van der Waals surface area contributed by atoms with Crippen molar-refractivity contribution < 1.29 is 14.1 Å². The van der Waals surface area contributed by atoms with Gasteiger partial charge in [0.2, 0.25) is 5.91 Å². The molecule has 7 nitrogen and oxygen atoms in total. The fraction of sp³-hybridized carbons (Fsp3) is 0.0526. The van der Waals surface area contributed by atoms with Crippen molar-refractivity contribution in [2.45, 2.75) is 14.9 Å². The Bertz CT molecular complexity index is 1020. The number of benzene rings is 2. The van der Waals surface area contributed by atoms with Crippen LogP contribution in [0.2, 0.25) is 0 Å². The summed E-state index contributed by atoms with van der Waals surface area (Å²) in [5.74, 6) is 0.333. The molecule has 0 fully saturated rings. The summed E-state index contributed by atoms with van der Waals surface area (Å²) in [6.07, 6.45) is 1.42. The van der Waals surface area contributed by atoms with E-state index in [0.717, 1.165) is 14.3 Å². The maximum absolute atomic E-state index is 11.9. The van der Waals surface area contributed by atoms with Gasteiger partial charge in [-0.3, -0.25) is 14.9 Å². The highest BCUT2D eigenvalue weighted by atomic mass is 79.9. The SMILES string of the molecule is O=C(CSc1ccc([N+](=O)[O-])cc1)N/N=C\c1cc(Br)c(Sc2ccccc2)o1. The Balaban J connectivity index is 1.48. The number of nitro groups is 1. The number of carbonyl (C=O) groups excluding carboxylic acids is 1. The number of carbonyl (C=O) groups is 1. The van der Waals surface area contributed by atoms with Crippen LogP contribution < -0.4 is 5.43 Å². The van der Waals surface area contributed by atoms with Gasteiger partial charge in [0.05, 0.1) is 21.4 Å². The minimum atomic E-state index is -0.466. The van der Waals surface area contributed by atoms with Crippen LogP contribution in [0.3, 0.4) is 0 Å². The first-order chi connectivity index (χ1) is 14.0. The molecule has 0 atom stereocenters. The molecular weight excluding hydrogens is 478 g/mol. The molecule has 0 bridgehead atoms. The van der Waals surface area contributed by atoms with Crippen molar-refractivity contribution in [3.05, 3.63) is 81.0 Å². The zero-order chi connectivity index (χ0) is 20.6. The highest BCUT2D eigenvalue weighted by Gasteiger charge is 2.10. The molecule has 0 spiro atoms. The average Bonchev–Trinajstić information content (AvgIpc) is 3.06. The van der Waals surface area contributed by atoms with Gasteiger partial charge < -0.3 is 4.42 Å². The van der Waals surface area contributed by atoms with Crippen molar-refractivity contribution in [1.29, 1.82) is 0 Å². The maximum atomic E-state index is 11.9. The van der Waals surface area contributed by atoms with Gasteiger partial charge in [0.25, 0.3) is 5.69 Å². The fourth-order valence-electron chi connectivity index (χ4n) is 2.11. The van der Waals surface area contributed by atoms with E-state index in [1.54, 1.807) is 18.2 Å². The average molecular weight is 492 g/mol. The number of nitro benzene ring substituents is 1.